The summed E-state index contributed by atoms with van der Waals surface area (Å²) in [4.78, 5) is 18.3. The number of aromatic nitrogens is 1. The largest absolute Gasteiger partial charge is 0.573 e. The molecule has 1 aromatic carbocycles. The second kappa shape index (κ2) is 8.46. The molecule has 0 saturated carbocycles. The maximum atomic E-state index is 12.5. The Kier molecular flexibility index (Phi) is 6.18. The van der Waals surface area contributed by atoms with Gasteiger partial charge in [0, 0.05) is 23.8 Å². The van der Waals surface area contributed by atoms with Crippen LogP contribution in [0, 0.1) is 6.92 Å². The standard InChI is InChI=1S/C19H19ClF3N3O3/c1-11-6-13(20)8-17(24-11)25-15-9-26(10-16(15)27)18(28)7-12-2-4-14(5-3-12)29-19(21,22)23/h2-6,8,15-16,27H,7,9-10H2,1H3,(H,24,25)/t15-,16-/m1/s1. The van der Waals surface area contributed by atoms with Gasteiger partial charge in [-0.15, -0.1) is 13.2 Å². The van der Waals surface area contributed by atoms with Crippen molar-refractivity contribution >= 4 is 23.3 Å². The van der Waals surface area contributed by atoms with Gasteiger partial charge in [-0.05, 0) is 36.8 Å². The van der Waals surface area contributed by atoms with Crippen LogP contribution in [0.2, 0.25) is 5.02 Å². The molecule has 156 valence electrons. The van der Waals surface area contributed by atoms with Crippen molar-refractivity contribution in [1.29, 1.82) is 0 Å². The fourth-order valence-electron chi connectivity index (χ4n) is 3.12. The number of carbonyl (C=O) groups excluding carboxylic acids is 1. The zero-order valence-corrected chi connectivity index (χ0v) is 16.2. The Morgan fingerprint density at radius 3 is 2.62 bits per heavy atom. The van der Waals surface area contributed by atoms with Crippen LogP contribution in [0.5, 0.6) is 5.75 Å². The van der Waals surface area contributed by atoms with Crippen molar-refractivity contribution in [2.24, 2.45) is 0 Å². The number of rotatable bonds is 5. The molecule has 1 saturated heterocycles. The number of pyridine rings is 1. The first-order valence-corrected chi connectivity index (χ1v) is 9.18. The molecule has 2 N–H and O–H groups in total. The summed E-state index contributed by atoms with van der Waals surface area (Å²) < 4.78 is 40.4. The van der Waals surface area contributed by atoms with E-state index in [1.807, 2.05) is 0 Å². The van der Waals surface area contributed by atoms with Gasteiger partial charge in [0.1, 0.15) is 11.6 Å². The van der Waals surface area contributed by atoms with Crippen molar-refractivity contribution in [3.05, 3.63) is 52.7 Å². The molecule has 0 aliphatic carbocycles. The fraction of sp³-hybridized carbons (Fsp3) is 0.368. The van der Waals surface area contributed by atoms with Gasteiger partial charge in [-0.25, -0.2) is 4.98 Å². The minimum atomic E-state index is -4.76. The third-order valence-electron chi connectivity index (χ3n) is 4.41. The van der Waals surface area contributed by atoms with Gasteiger partial charge in [-0.1, -0.05) is 23.7 Å². The minimum Gasteiger partial charge on any atom is -0.406 e. The van der Waals surface area contributed by atoms with Crippen molar-refractivity contribution in [1.82, 2.24) is 9.88 Å². The highest BCUT2D eigenvalue weighted by molar-refractivity contribution is 6.30. The fourth-order valence-corrected chi connectivity index (χ4v) is 3.38. The summed E-state index contributed by atoms with van der Waals surface area (Å²) in [6.45, 7) is 2.21. The Labute approximate surface area is 170 Å². The molecule has 0 radical (unpaired) electrons. The van der Waals surface area contributed by atoms with E-state index in [-0.39, 0.29) is 31.2 Å². The molecule has 29 heavy (non-hydrogen) atoms. The molecule has 6 nitrogen and oxygen atoms in total. The lowest BCUT2D eigenvalue weighted by molar-refractivity contribution is -0.274. The number of aliphatic hydroxyl groups is 1. The van der Waals surface area contributed by atoms with Crippen LogP contribution in [0.25, 0.3) is 0 Å². The molecule has 1 aromatic heterocycles. The molecule has 2 atom stereocenters. The lowest BCUT2D eigenvalue weighted by Crippen LogP contribution is -2.33. The molecule has 1 amide bonds. The molecule has 0 spiro atoms. The normalized spacial score (nSPS) is 19.3. The van der Waals surface area contributed by atoms with E-state index >= 15 is 0 Å². The smallest absolute Gasteiger partial charge is 0.406 e. The number of benzene rings is 1. The molecule has 2 aromatic rings. The van der Waals surface area contributed by atoms with Crippen LogP contribution in [-0.4, -0.2) is 52.5 Å². The van der Waals surface area contributed by atoms with E-state index in [1.54, 1.807) is 19.1 Å². The Balaban J connectivity index is 1.58. The summed E-state index contributed by atoms with van der Waals surface area (Å²) in [5, 5.41) is 13.9. The summed E-state index contributed by atoms with van der Waals surface area (Å²) in [6, 6.07) is 8.06. The monoisotopic (exact) mass is 429 g/mol. The van der Waals surface area contributed by atoms with Crippen LogP contribution in [0.4, 0.5) is 19.0 Å². The van der Waals surface area contributed by atoms with Crippen molar-refractivity contribution in [3.63, 3.8) is 0 Å². The summed E-state index contributed by atoms with van der Waals surface area (Å²) in [5.74, 6) is -0.0828. The van der Waals surface area contributed by atoms with E-state index in [1.165, 1.54) is 17.0 Å². The summed E-state index contributed by atoms with van der Waals surface area (Å²) in [6.07, 6.45) is -5.55. The van der Waals surface area contributed by atoms with Crippen molar-refractivity contribution in [2.75, 3.05) is 18.4 Å². The highest BCUT2D eigenvalue weighted by Gasteiger charge is 2.34. The summed E-state index contributed by atoms with van der Waals surface area (Å²) >= 11 is 6.01. The molecule has 1 aliphatic rings. The van der Waals surface area contributed by atoms with Crippen molar-refractivity contribution in [2.45, 2.75) is 31.9 Å². The third-order valence-corrected chi connectivity index (χ3v) is 4.62. The van der Waals surface area contributed by atoms with Gasteiger partial charge in [0.2, 0.25) is 5.91 Å². The van der Waals surface area contributed by atoms with E-state index in [4.69, 9.17) is 11.6 Å². The zero-order chi connectivity index (χ0) is 21.2. The maximum Gasteiger partial charge on any atom is 0.573 e. The quantitative estimate of drug-likeness (QED) is 0.763. The van der Waals surface area contributed by atoms with Crippen LogP contribution in [0.15, 0.2) is 36.4 Å². The van der Waals surface area contributed by atoms with Gasteiger partial charge in [-0.2, -0.15) is 0 Å². The molecule has 10 heteroatoms. The molecule has 0 bridgehead atoms. The first-order valence-electron chi connectivity index (χ1n) is 8.80. The van der Waals surface area contributed by atoms with E-state index in [9.17, 15) is 23.1 Å². The molecule has 1 fully saturated rings. The van der Waals surface area contributed by atoms with Crippen molar-refractivity contribution < 1.29 is 27.8 Å². The number of carbonyl (C=O) groups is 1. The zero-order valence-electron chi connectivity index (χ0n) is 15.4. The van der Waals surface area contributed by atoms with Gasteiger partial charge < -0.3 is 20.1 Å². The topological polar surface area (TPSA) is 74.7 Å². The van der Waals surface area contributed by atoms with Gasteiger partial charge in [-0.3, -0.25) is 4.79 Å². The number of likely N-dealkylation sites (tertiary alicyclic amines) is 1. The Morgan fingerprint density at radius 2 is 2.00 bits per heavy atom. The number of aliphatic hydroxyl groups excluding tert-OH is 1. The number of halogens is 4. The second-order valence-corrected chi connectivity index (χ2v) is 7.23. The van der Waals surface area contributed by atoms with Crippen LogP contribution in [-0.2, 0) is 11.2 Å². The van der Waals surface area contributed by atoms with Crippen LogP contribution in [0.1, 0.15) is 11.3 Å². The summed E-state index contributed by atoms with van der Waals surface area (Å²) in [5.41, 5.74) is 1.26. The third kappa shape index (κ3) is 5.98. The first-order chi connectivity index (χ1) is 13.6. The van der Waals surface area contributed by atoms with Crippen molar-refractivity contribution in [3.8, 4) is 5.75 Å². The molecule has 2 heterocycles. The number of β-amino-alcohol motifs (C(OH)–C–C–N with tert-alkyl or cyclic N) is 1. The Bertz CT molecular complexity index is 857. The number of aryl methyl sites for hydroxylation is 1. The molecular weight excluding hydrogens is 411 g/mol. The second-order valence-electron chi connectivity index (χ2n) is 6.80. The van der Waals surface area contributed by atoms with Crippen LogP contribution < -0.4 is 10.1 Å². The van der Waals surface area contributed by atoms with Gasteiger partial charge in [0.15, 0.2) is 0 Å². The molecule has 1 aliphatic heterocycles. The van der Waals surface area contributed by atoms with Crippen LogP contribution >= 0.6 is 11.6 Å². The number of amides is 1. The maximum absolute atomic E-state index is 12.5. The highest BCUT2D eigenvalue weighted by Crippen LogP contribution is 2.24. The van der Waals surface area contributed by atoms with Gasteiger partial charge in [0.05, 0.1) is 18.6 Å². The predicted octanol–water partition coefficient (Wildman–Crippen LogP) is 3.17. The number of nitrogens with zero attached hydrogens (tertiary/aromatic N) is 2. The number of hydrogen-bond donors (Lipinski definition) is 2. The van der Waals surface area contributed by atoms with E-state index < -0.39 is 18.5 Å². The Morgan fingerprint density at radius 1 is 1.31 bits per heavy atom. The molecular formula is C19H19ClF3N3O3. The highest BCUT2D eigenvalue weighted by atomic mass is 35.5. The van der Waals surface area contributed by atoms with Gasteiger partial charge in [0.25, 0.3) is 0 Å². The molecule has 3 rings (SSSR count). The SMILES string of the molecule is Cc1cc(Cl)cc(N[C@@H]2CN(C(=O)Cc3ccc(OC(F)(F)F)cc3)C[C@H]2O)n1. The lowest BCUT2D eigenvalue weighted by atomic mass is 10.1. The van der Waals surface area contributed by atoms with E-state index in [2.05, 4.69) is 15.0 Å². The summed E-state index contributed by atoms with van der Waals surface area (Å²) in [7, 11) is 0. The average molecular weight is 430 g/mol. The first kappa shape index (κ1) is 21.2. The average Bonchev–Trinajstić information content (AvgIpc) is 2.95. The Hall–Kier alpha value is -2.52. The number of nitrogens with one attached hydrogen (secondary N) is 1. The van der Waals surface area contributed by atoms with E-state index in [0.29, 0.717) is 16.4 Å². The minimum absolute atomic E-state index is 0.000259. The number of anilines is 1. The number of alkyl halides is 3. The number of ether oxygens (including phenoxy) is 1. The van der Waals surface area contributed by atoms with E-state index in [0.717, 1.165) is 17.8 Å². The molecule has 0 unspecified atom stereocenters. The lowest BCUT2D eigenvalue weighted by Gasteiger charge is -2.18. The predicted molar refractivity (Wildman–Crippen MR) is 101 cm³/mol. The van der Waals surface area contributed by atoms with Gasteiger partial charge >= 0.3 is 6.36 Å². The number of hydrogen-bond acceptors (Lipinski definition) is 5. The van der Waals surface area contributed by atoms with Crippen LogP contribution in [0.3, 0.4) is 0 Å².